The van der Waals surface area contributed by atoms with Crippen molar-refractivity contribution < 1.29 is 0 Å². The first-order chi connectivity index (χ1) is 8.88. The van der Waals surface area contributed by atoms with E-state index in [4.69, 9.17) is 11.6 Å². The number of nitrogens with zero attached hydrogens (tertiary/aromatic N) is 3. The van der Waals surface area contributed by atoms with E-state index >= 15 is 0 Å². The van der Waals surface area contributed by atoms with Crippen LogP contribution in [0.5, 0.6) is 0 Å². The molecule has 5 nitrogen and oxygen atoms in total. The number of H-pyrrole nitrogens is 1. The standard InChI is InChI=1S/C13H18ClN5/c1-8-10(14)18-12(13(2,3)4)19-11(8)15-5-9-6-16-17-7-9/h6-7H,5H2,1-4H3,(H,16,17)(H,15,18,19). The van der Waals surface area contributed by atoms with Crippen LogP contribution in [0.4, 0.5) is 5.82 Å². The summed E-state index contributed by atoms with van der Waals surface area (Å²) < 4.78 is 0. The summed E-state index contributed by atoms with van der Waals surface area (Å²) in [4.78, 5) is 8.91. The molecule has 0 bridgehead atoms. The number of nitrogens with one attached hydrogen (secondary N) is 2. The second-order valence-corrected chi connectivity index (χ2v) is 5.88. The summed E-state index contributed by atoms with van der Waals surface area (Å²) in [5.74, 6) is 1.50. The second kappa shape index (κ2) is 5.17. The van der Waals surface area contributed by atoms with E-state index in [9.17, 15) is 0 Å². The molecule has 6 heteroatoms. The summed E-state index contributed by atoms with van der Waals surface area (Å²) in [5.41, 5.74) is 1.79. The first kappa shape index (κ1) is 13.8. The Labute approximate surface area is 117 Å². The Morgan fingerprint density at radius 2 is 2.05 bits per heavy atom. The minimum absolute atomic E-state index is 0.136. The van der Waals surface area contributed by atoms with Gasteiger partial charge in [0, 0.05) is 29.3 Å². The lowest BCUT2D eigenvalue weighted by Gasteiger charge is -2.19. The first-order valence-corrected chi connectivity index (χ1v) is 6.52. The minimum atomic E-state index is -0.136. The lowest BCUT2D eigenvalue weighted by molar-refractivity contribution is 0.545. The molecule has 2 rings (SSSR count). The number of hydrogen-bond acceptors (Lipinski definition) is 4. The molecule has 0 saturated heterocycles. The number of hydrogen-bond donors (Lipinski definition) is 2. The Morgan fingerprint density at radius 3 is 2.63 bits per heavy atom. The van der Waals surface area contributed by atoms with E-state index in [1.807, 2.05) is 13.1 Å². The average Bonchev–Trinajstić information content (AvgIpc) is 2.82. The van der Waals surface area contributed by atoms with Crippen molar-refractivity contribution in [2.45, 2.75) is 39.7 Å². The van der Waals surface area contributed by atoms with Crippen LogP contribution in [-0.2, 0) is 12.0 Å². The highest BCUT2D eigenvalue weighted by Gasteiger charge is 2.20. The second-order valence-electron chi connectivity index (χ2n) is 5.52. The molecule has 0 aromatic carbocycles. The van der Waals surface area contributed by atoms with Gasteiger partial charge in [0.05, 0.1) is 6.20 Å². The van der Waals surface area contributed by atoms with E-state index in [1.54, 1.807) is 6.20 Å². The van der Waals surface area contributed by atoms with E-state index in [2.05, 4.69) is 46.3 Å². The number of aromatic nitrogens is 4. The van der Waals surface area contributed by atoms with Gasteiger partial charge < -0.3 is 5.32 Å². The van der Waals surface area contributed by atoms with Crippen molar-refractivity contribution in [1.29, 1.82) is 0 Å². The van der Waals surface area contributed by atoms with Gasteiger partial charge in [-0.05, 0) is 6.92 Å². The highest BCUT2D eigenvalue weighted by atomic mass is 35.5. The van der Waals surface area contributed by atoms with Crippen molar-refractivity contribution >= 4 is 17.4 Å². The third-order valence-electron chi connectivity index (χ3n) is 2.77. The zero-order valence-corrected chi connectivity index (χ0v) is 12.3. The van der Waals surface area contributed by atoms with Crippen LogP contribution in [0.1, 0.15) is 37.7 Å². The molecule has 0 aliphatic carbocycles. The fourth-order valence-corrected chi connectivity index (χ4v) is 1.73. The molecule has 0 spiro atoms. The maximum atomic E-state index is 6.18. The van der Waals surface area contributed by atoms with E-state index in [0.29, 0.717) is 11.7 Å². The van der Waals surface area contributed by atoms with Gasteiger partial charge in [-0.1, -0.05) is 32.4 Å². The van der Waals surface area contributed by atoms with Crippen molar-refractivity contribution in [3.63, 3.8) is 0 Å². The molecule has 2 N–H and O–H groups in total. The zero-order valence-electron chi connectivity index (χ0n) is 11.6. The van der Waals surface area contributed by atoms with Gasteiger partial charge in [0.15, 0.2) is 0 Å². The molecule has 0 amide bonds. The van der Waals surface area contributed by atoms with E-state index in [-0.39, 0.29) is 5.41 Å². The molecular weight excluding hydrogens is 262 g/mol. The van der Waals surface area contributed by atoms with Gasteiger partial charge in [-0.25, -0.2) is 9.97 Å². The Balaban J connectivity index is 2.26. The number of halogens is 1. The van der Waals surface area contributed by atoms with Gasteiger partial charge in [0.2, 0.25) is 0 Å². The lowest BCUT2D eigenvalue weighted by Crippen LogP contribution is -2.18. The number of rotatable bonds is 3. The predicted molar refractivity (Wildman–Crippen MR) is 76.4 cm³/mol. The smallest absolute Gasteiger partial charge is 0.137 e. The molecule has 102 valence electrons. The summed E-state index contributed by atoms with van der Waals surface area (Å²) in [6, 6.07) is 0. The van der Waals surface area contributed by atoms with Crippen molar-refractivity contribution in [2.75, 3.05) is 5.32 Å². The van der Waals surface area contributed by atoms with Gasteiger partial charge in [0.25, 0.3) is 0 Å². The van der Waals surface area contributed by atoms with Crippen molar-refractivity contribution in [1.82, 2.24) is 20.2 Å². The zero-order chi connectivity index (χ0) is 14.0. The maximum Gasteiger partial charge on any atom is 0.137 e. The first-order valence-electron chi connectivity index (χ1n) is 6.14. The van der Waals surface area contributed by atoms with Gasteiger partial charge in [-0.3, -0.25) is 5.10 Å². The Morgan fingerprint density at radius 1 is 1.32 bits per heavy atom. The summed E-state index contributed by atoms with van der Waals surface area (Å²) in [5, 5.41) is 10.5. The lowest BCUT2D eigenvalue weighted by atomic mass is 9.95. The maximum absolute atomic E-state index is 6.18. The van der Waals surface area contributed by atoms with Gasteiger partial charge in [0.1, 0.15) is 16.8 Å². The Kier molecular flexibility index (Phi) is 3.75. The summed E-state index contributed by atoms with van der Waals surface area (Å²) >= 11 is 6.18. The van der Waals surface area contributed by atoms with Crippen LogP contribution in [-0.4, -0.2) is 20.2 Å². The third-order valence-corrected chi connectivity index (χ3v) is 3.14. The molecule has 0 unspecified atom stereocenters. The number of aromatic amines is 1. The van der Waals surface area contributed by atoms with Crippen LogP contribution >= 0.6 is 11.6 Å². The molecular formula is C13H18ClN5. The molecule has 19 heavy (non-hydrogen) atoms. The highest BCUT2D eigenvalue weighted by Crippen LogP contribution is 2.26. The van der Waals surface area contributed by atoms with Crippen LogP contribution in [0.25, 0.3) is 0 Å². The largest absolute Gasteiger partial charge is 0.366 e. The van der Waals surface area contributed by atoms with Crippen LogP contribution in [0.2, 0.25) is 5.15 Å². The third kappa shape index (κ3) is 3.23. The van der Waals surface area contributed by atoms with Gasteiger partial charge in [-0.15, -0.1) is 0 Å². The highest BCUT2D eigenvalue weighted by molar-refractivity contribution is 6.30. The quantitative estimate of drug-likeness (QED) is 0.848. The number of anilines is 1. The topological polar surface area (TPSA) is 66.5 Å². The Hall–Kier alpha value is -1.62. The molecule has 2 aromatic heterocycles. The molecule has 0 fully saturated rings. The summed E-state index contributed by atoms with van der Waals surface area (Å²) in [6.07, 6.45) is 3.62. The van der Waals surface area contributed by atoms with Gasteiger partial charge >= 0.3 is 0 Å². The normalized spacial score (nSPS) is 11.6. The van der Waals surface area contributed by atoms with Crippen LogP contribution in [0, 0.1) is 6.92 Å². The SMILES string of the molecule is Cc1c(Cl)nc(C(C)(C)C)nc1NCc1cn[nH]c1. The van der Waals surface area contributed by atoms with Crippen LogP contribution in [0.15, 0.2) is 12.4 Å². The van der Waals surface area contributed by atoms with E-state index in [1.165, 1.54) is 0 Å². The fraction of sp³-hybridized carbons (Fsp3) is 0.462. The van der Waals surface area contributed by atoms with Crippen molar-refractivity contribution in [2.24, 2.45) is 0 Å². The monoisotopic (exact) mass is 279 g/mol. The molecule has 0 aliphatic rings. The predicted octanol–water partition coefficient (Wildman–Crippen LogP) is 3.07. The molecule has 2 aromatic rings. The van der Waals surface area contributed by atoms with E-state index < -0.39 is 0 Å². The van der Waals surface area contributed by atoms with Crippen molar-refractivity contribution in [3.05, 3.63) is 34.5 Å². The van der Waals surface area contributed by atoms with Gasteiger partial charge in [-0.2, -0.15) is 5.10 Å². The Bertz CT molecular complexity index is 557. The molecule has 0 aliphatic heterocycles. The molecule has 0 saturated carbocycles. The summed E-state index contributed by atoms with van der Waals surface area (Å²) in [7, 11) is 0. The molecule has 0 atom stereocenters. The van der Waals surface area contributed by atoms with E-state index in [0.717, 1.165) is 22.8 Å². The molecule has 2 heterocycles. The average molecular weight is 280 g/mol. The minimum Gasteiger partial charge on any atom is -0.366 e. The summed E-state index contributed by atoms with van der Waals surface area (Å²) in [6.45, 7) is 8.75. The van der Waals surface area contributed by atoms with Crippen LogP contribution < -0.4 is 5.32 Å². The molecule has 0 radical (unpaired) electrons. The van der Waals surface area contributed by atoms with Crippen LogP contribution in [0.3, 0.4) is 0 Å². The van der Waals surface area contributed by atoms with Crippen molar-refractivity contribution in [3.8, 4) is 0 Å². The fourth-order valence-electron chi connectivity index (χ4n) is 1.56.